The van der Waals surface area contributed by atoms with Gasteiger partial charge in [0.2, 0.25) is 5.95 Å². The molecular formula is C23H25N5O4S. The molecule has 2 heterocycles. The summed E-state index contributed by atoms with van der Waals surface area (Å²) >= 11 is 0. The number of carbonyl (C=O) groups excluding carboxylic acids is 1. The van der Waals surface area contributed by atoms with E-state index in [1.165, 1.54) is 24.3 Å². The second-order valence-corrected chi connectivity index (χ2v) is 9.39. The van der Waals surface area contributed by atoms with Gasteiger partial charge in [0.1, 0.15) is 0 Å². The van der Waals surface area contributed by atoms with Crippen LogP contribution in [0.5, 0.6) is 0 Å². The standard InChI is InChI=1S/C23H25N5O4S/c1-16-15-17(2)25-23(24-16)27-33(30,31)21-9-5-19(6-10-21)26-22(29)18-3-7-20(8-4-18)28-11-13-32-14-12-28/h3-10,15H,11-14H2,1-2H3,(H,26,29)(H,24,25,27). The molecule has 33 heavy (non-hydrogen) atoms. The Balaban J connectivity index is 1.41. The lowest BCUT2D eigenvalue weighted by Crippen LogP contribution is -2.36. The molecule has 10 heteroatoms. The van der Waals surface area contributed by atoms with E-state index >= 15 is 0 Å². The highest BCUT2D eigenvalue weighted by atomic mass is 32.2. The number of nitrogens with one attached hydrogen (secondary N) is 2. The second-order valence-electron chi connectivity index (χ2n) is 7.70. The fourth-order valence-electron chi connectivity index (χ4n) is 3.52. The van der Waals surface area contributed by atoms with Gasteiger partial charge < -0.3 is 15.0 Å². The number of benzene rings is 2. The molecule has 0 bridgehead atoms. The lowest BCUT2D eigenvalue weighted by Gasteiger charge is -2.28. The van der Waals surface area contributed by atoms with E-state index in [-0.39, 0.29) is 16.8 Å². The van der Waals surface area contributed by atoms with Crippen molar-refractivity contribution in [2.75, 3.05) is 41.2 Å². The molecule has 2 N–H and O–H groups in total. The van der Waals surface area contributed by atoms with Crippen LogP contribution in [0, 0.1) is 13.8 Å². The summed E-state index contributed by atoms with van der Waals surface area (Å²) in [6, 6.07) is 15.0. The summed E-state index contributed by atoms with van der Waals surface area (Å²) in [6.45, 7) is 6.57. The van der Waals surface area contributed by atoms with E-state index in [4.69, 9.17) is 4.74 Å². The Labute approximate surface area is 192 Å². The topological polar surface area (TPSA) is 114 Å². The van der Waals surface area contributed by atoms with Gasteiger partial charge in [-0.1, -0.05) is 0 Å². The first-order chi connectivity index (χ1) is 15.8. The second kappa shape index (κ2) is 9.55. The molecule has 1 aromatic heterocycles. The van der Waals surface area contributed by atoms with Crippen LogP contribution in [-0.4, -0.2) is 50.6 Å². The van der Waals surface area contributed by atoms with Crippen LogP contribution >= 0.6 is 0 Å². The van der Waals surface area contributed by atoms with Crippen LogP contribution in [0.2, 0.25) is 0 Å². The van der Waals surface area contributed by atoms with Crippen molar-refractivity contribution in [2.45, 2.75) is 18.7 Å². The SMILES string of the molecule is Cc1cc(C)nc(NS(=O)(=O)c2ccc(NC(=O)c3ccc(N4CCOCC4)cc3)cc2)n1. The zero-order chi connectivity index (χ0) is 23.4. The molecule has 4 rings (SSSR count). The molecule has 172 valence electrons. The predicted octanol–water partition coefficient (Wildman–Crippen LogP) is 2.98. The minimum absolute atomic E-state index is 0.0189. The normalized spacial score (nSPS) is 14.1. The number of aryl methyl sites for hydroxylation is 2. The molecule has 0 saturated carbocycles. The smallest absolute Gasteiger partial charge is 0.264 e. The molecule has 1 aliphatic rings. The first kappa shape index (κ1) is 22.7. The fourth-order valence-corrected chi connectivity index (χ4v) is 4.46. The number of amides is 1. The number of morpholine rings is 1. The van der Waals surface area contributed by atoms with Gasteiger partial charge >= 0.3 is 0 Å². The number of sulfonamides is 1. The molecule has 0 aliphatic carbocycles. The Morgan fingerprint density at radius 3 is 2.15 bits per heavy atom. The Kier molecular flexibility index (Phi) is 6.57. The molecule has 3 aromatic rings. The van der Waals surface area contributed by atoms with Gasteiger partial charge in [-0.05, 0) is 68.4 Å². The quantitative estimate of drug-likeness (QED) is 0.573. The number of anilines is 3. The third-order valence-corrected chi connectivity index (χ3v) is 6.48. The Morgan fingerprint density at radius 1 is 0.939 bits per heavy atom. The lowest BCUT2D eigenvalue weighted by atomic mass is 10.1. The van der Waals surface area contributed by atoms with E-state index in [0.717, 1.165) is 18.8 Å². The maximum Gasteiger partial charge on any atom is 0.264 e. The van der Waals surface area contributed by atoms with Gasteiger partial charge in [-0.25, -0.2) is 23.1 Å². The minimum Gasteiger partial charge on any atom is -0.378 e. The van der Waals surface area contributed by atoms with Crippen molar-refractivity contribution >= 4 is 33.3 Å². The van der Waals surface area contributed by atoms with Crippen molar-refractivity contribution in [3.05, 3.63) is 71.5 Å². The zero-order valence-electron chi connectivity index (χ0n) is 18.4. The van der Waals surface area contributed by atoms with E-state index in [1.54, 1.807) is 32.0 Å². The van der Waals surface area contributed by atoms with E-state index in [2.05, 4.69) is 24.9 Å². The maximum absolute atomic E-state index is 12.7. The van der Waals surface area contributed by atoms with Gasteiger partial charge in [0.15, 0.2) is 0 Å². The molecule has 0 spiro atoms. The molecule has 1 aliphatic heterocycles. The summed E-state index contributed by atoms with van der Waals surface area (Å²) in [6.07, 6.45) is 0. The van der Waals surface area contributed by atoms with Gasteiger partial charge in [0, 0.05) is 41.4 Å². The van der Waals surface area contributed by atoms with Crippen molar-refractivity contribution in [1.82, 2.24) is 9.97 Å². The molecule has 9 nitrogen and oxygen atoms in total. The Bertz CT molecular complexity index is 1220. The molecule has 1 amide bonds. The van der Waals surface area contributed by atoms with Gasteiger partial charge in [-0.3, -0.25) is 4.79 Å². The molecule has 0 unspecified atom stereocenters. The van der Waals surface area contributed by atoms with Gasteiger partial charge in [0.05, 0.1) is 18.1 Å². The monoisotopic (exact) mass is 467 g/mol. The summed E-state index contributed by atoms with van der Waals surface area (Å²) in [4.78, 5) is 23.1. The van der Waals surface area contributed by atoms with E-state index in [0.29, 0.717) is 35.9 Å². The molecule has 0 radical (unpaired) electrons. The fraction of sp³-hybridized carbons (Fsp3) is 0.261. The van der Waals surface area contributed by atoms with Gasteiger partial charge in [-0.15, -0.1) is 0 Å². The maximum atomic E-state index is 12.7. The Morgan fingerprint density at radius 2 is 1.55 bits per heavy atom. The lowest BCUT2D eigenvalue weighted by molar-refractivity contribution is 0.102. The summed E-state index contributed by atoms with van der Waals surface area (Å²) in [5.41, 5.74) is 3.37. The molecule has 1 fully saturated rings. The summed E-state index contributed by atoms with van der Waals surface area (Å²) < 4.78 is 33.1. The largest absolute Gasteiger partial charge is 0.378 e. The highest BCUT2D eigenvalue weighted by Gasteiger charge is 2.17. The van der Waals surface area contributed by atoms with E-state index in [1.807, 2.05) is 12.1 Å². The van der Waals surface area contributed by atoms with Crippen molar-refractivity contribution < 1.29 is 17.9 Å². The molecule has 0 atom stereocenters. The van der Waals surface area contributed by atoms with Gasteiger partial charge in [-0.2, -0.15) is 0 Å². The van der Waals surface area contributed by atoms with Crippen LogP contribution in [0.15, 0.2) is 59.5 Å². The van der Waals surface area contributed by atoms with Crippen molar-refractivity contribution in [3.8, 4) is 0 Å². The van der Waals surface area contributed by atoms with Crippen LogP contribution in [0.3, 0.4) is 0 Å². The van der Waals surface area contributed by atoms with Crippen LogP contribution < -0.4 is 14.9 Å². The summed E-state index contributed by atoms with van der Waals surface area (Å²) in [5.74, 6) is -0.258. The highest BCUT2D eigenvalue weighted by molar-refractivity contribution is 7.92. The molecular weight excluding hydrogens is 442 g/mol. The van der Waals surface area contributed by atoms with Crippen molar-refractivity contribution in [1.29, 1.82) is 0 Å². The number of nitrogens with zero attached hydrogens (tertiary/aromatic N) is 3. The number of rotatable bonds is 6. The van der Waals surface area contributed by atoms with Crippen LogP contribution in [0.25, 0.3) is 0 Å². The number of hydrogen-bond donors (Lipinski definition) is 2. The average molecular weight is 468 g/mol. The first-order valence-corrected chi connectivity index (χ1v) is 12.0. The van der Waals surface area contributed by atoms with Crippen LogP contribution in [0.4, 0.5) is 17.3 Å². The number of aromatic nitrogens is 2. The van der Waals surface area contributed by atoms with Crippen LogP contribution in [-0.2, 0) is 14.8 Å². The Hall–Kier alpha value is -3.50. The summed E-state index contributed by atoms with van der Waals surface area (Å²) in [7, 11) is -3.86. The molecule has 2 aromatic carbocycles. The van der Waals surface area contributed by atoms with E-state index < -0.39 is 10.0 Å². The minimum atomic E-state index is -3.86. The third-order valence-electron chi connectivity index (χ3n) is 5.14. The van der Waals surface area contributed by atoms with Crippen molar-refractivity contribution in [2.24, 2.45) is 0 Å². The number of carbonyl (C=O) groups is 1. The predicted molar refractivity (Wildman–Crippen MR) is 126 cm³/mol. The summed E-state index contributed by atoms with van der Waals surface area (Å²) in [5, 5.41) is 2.79. The highest BCUT2D eigenvalue weighted by Crippen LogP contribution is 2.20. The van der Waals surface area contributed by atoms with Crippen molar-refractivity contribution in [3.63, 3.8) is 0 Å². The first-order valence-electron chi connectivity index (χ1n) is 10.5. The molecule has 1 saturated heterocycles. The zero-order valence-corrected chi connectivity index (χ0v) is 19.2. The van der Waals surface area contributed by atoms with Gasteiger partial charge in [0.25, 0.3) is 15.9 Å². The number of hydrogen-bond acceptors (Lipinski definition) is 7. The number of ether oxygens (including phenoxy) is 1. The third kappa shape index (κ3) is 5.65. The average Bonchev–Trinajstić information content (AvgIpc) is 2.79. The van der Waals surface area contributed by atoms with E-state index in [9.17, 15) is 13.2 Å². The van der Waals surface area contributed by atoms with Crippen LogP contribution in [0.1, 0.15) is 21.7 Å².